The van der Waals surface area contributed by atoms with Crippen molar-refractivity contribution in [1.82, 2.24) is 24.3 Å². The van der Waals surface area contributed by atoms with Crippen LogP contribution in [0.2, 0.25) is 0 Å². The van der Waals surface area contributed by atoms with Crippen molar-refractivity contribution in [1.29, 1.82) is 0 Å². The second-order valence-electron chi connectivity index (χ2n) is 7.43. The molecule has 3 aromatic rings. The number of nitrogens with zero attached hydrogens (tertiary/aromatic N) is 5. The molecule has 0 atom stereocenters. The minimum atomic E-state index is -0.171. The fourth-order valence-electron chi connectivity index (χ4n) is 3.76. The molecule has 0 saturated carbocycles. The minimum Gasteiger partial charge on any atom is -0.340 e. The van der Waals surface area contributed by atoms with Gasteiger partial charge in [0.25, 0.3) is 0 Å². The van der Waals surface area contributed by atoms with Crippen LogP contribution in [0.25, 0.3) is 10.9 Å². The van der Waals surface area contributed by atoms with E-state index in [-0.39, 0.29) is 18.0 Å². The fourth-order valence-corrected chi connectivity index (χ4v) is 3.76. The van der Waals surface area contributed by atoms with Crippen molar-refractivity contribution in [3.63, 3.8) is 0 Å². The summed E-state index contributed by atoms with van der Waals surface area (Å²) in [6, 6.07) is 9.24. The van der Waals surface area contributed by atoms with Crippen LogP contribution in [0, 0.1) is 0 Å². The molecule has 162 valence electrons. The number of hydrogen-bond donors (Lipinski definition) is 2. The highest BCUT2D eigenvalue weighted by molar-refractivity contribution is 5.93. The van der Waals surface area contributed by atoms with Crippen LogP contribution >= 0.6 is 0 Å². The number of carbonyl (C=O) groups excluding carboxylic acids is 2. The number of hydrogen-bond acceptors (Lipinski definition) is 5. The lowest BCUT2D eigenvalue weighted by Gasteiger charge is -2.19. The van der Waals surface area contributed by atoms with Gasteiger partial charge in [-0.3, -0.25) is 9.88 Å². The molecule has 0 aliphatic carbocycles. The summed E-state index contributed by atoms with van der Waals surface area (Å²) in [6.07, 6.45) is 5.46. The van der Waals surface area contributed by atoms with Gasteiger partial charge >= 0.3 is 12.1 Å². The van der Waals surface area contributed by atoms with Gasteiger partial charge in [-0.05, 0) is 57.0 Å². The lowest BCUT2D eigenvalue weighted by Crippen LogP contribution is -2.33. The predicted octanol–water partition coefficient (Wildman–Crippen LogP) is 4.11. The SMILES string of the molecule is CCN(CC)C(=O)n1ccc2cc(Nc3ccnc(NC(=O)N4CCCC4)n3)ccc21. The highest BCUT2D eigenvalue weighted by atomic mass is 16.2. The van der Waals surface area contributed by atoms with E-state index in [9.17, 15) is 9.59 Å². The molecule has 1 aliphatic heterocycles. The molecule has 0 radical (unpaired) electrons. The topological polar surface area (TPSA) is 95.4 Å². The van der Waals surface area contributed by atoms with Crippen LogP contribution in [0.15, 0.2) is 42.7 Å². The maximum Gasteiger partial charge on any atom is 0.328 e. The first kappa shape index (κ1) is 20.6. The summed E-state index contributed by atoms with van der Waals surface area (Å²) in [5, 5.41) is 6.94. The van der Waals surface area contributed by atoms with Gasteiger partial charge in [0.1, 0.15) is 5.82 Å². The molecule has 2 aromatic heterocycles. The quantitative estimate of drug-likeness (QED) is 0.646. The Labute approximate surface area is 181 Å². The number of amides is 3. The molecular formula is C22H27N7O2. The van der Waals surface area contributed by atoms with Gasteiger partial charge in [0, 0.05) is 49.6 Å². The molecule has 0 spiro atoms. The van der Waals surface area contributed by atoms with Crippen LogP contribution in [-0.4, -0.2) is 62.6 Å². The molecule has 1 aliphatic rings. The van der Waals surface area contributed by atoms with Gasteiger partial charge in [-0.25, -0.2) is 14.6 Å². The largest absolute Gasteiger partial charge is 0.340 e. The van der Waals surface area contributed by atoms with E-state index in [1.807, 2.05) is 38.1 Å². The maximum atomic E-state index is 12.7. The first-order valence-electron chi connectivity index (χ1n) is 10.7. The Hall–Kier alpha value is -3.62. The van der Waals surface area contributed by atoms with Crippen molar-refractivity contribution < 1.29 is 9.59 Å². The Bertz CT molecular complexity index is 1080. The monoisotopic (exact) mass is 421 g/mol. The van der Waals surface area contributed by atoms with Gasteiger partial charge in [0.15, 0.2) is 0 Å². The normalized spacial score (nSPS) is 13.4. The number of rotatable bonds is 5. The van der Waals surface area contributed by atoms with Crippen LogP contribution in [0.1, 0.15) is 26.7 Å². The molecule has 0 bridgehead atoms. The standard InChI is InChI=1S/C22H27N7O2/c1-3-27(4-2)22(31)29-14-10-16-15-17(7-8-18(16)29)24-19-9-11-23-20(25-19)26-21(30)28-12-5-6-13-28/h7-11,14-15H,3-6,12-13H2,1-2H3,(H2,23,24,25,26,30). The molecule has 31 heavy (non-hydrogen) atoms. The van der Waals surface area contributed by atoms with Gasteiger partial charge in [0.05, 0.1) is 5.52 Å². The summed E-state index contributed by atoms with van der Waals surface area (Å²) in [5.74, 6) is 0.837. The number of fused-ring (bicyclic) bond motifs is 1. The molecule has 3 amide bonds. The predicted molar refractivity (Wildman–Crippen MR) is 121 cm³/mol. The van der Waals surface area contributed by atoms with Crippen LogP contribution in [-0.2, 0) is 0 Å². The van der Waals surface area contributed by atoms with Crippen LogP contribution < -0.4 is 10.6 Å². The van der Waals surface area contributed by atoms with E-state index in [1.54, 1.807) is 32.8 Å². The van der Waals surface area contributed by atoms with Gasteiger partial charge in [0.2, 0.25) is 5.95 Å². The number of aromatic nitrogens is 3. The number of anilines is 3. The van der Waals surface area contributed by atoms with Crippen molar-refractivity contribution in [3.8, 4) is 0 Å². The summed E-state index contributed by atoms with van der Waals surface area (Å²) in [7, 11) is 0. The summed E-state index contributed by atoms with van der Waals surface area (Å²) in [4.78, 5) is 37.0. The van der Waals surface area contributed by atoms with Crippen molar-refractivity contribution >= 4 is 40.4 Å². The number of urea groups is 1. The molecule has 1 aromatic carbocycles. The van der Waals surface area contributed by atoms with Crippen LogP contribution in [0.3, 0.4) is 0 Å². The Morgan fingerprint density at radius 3 is 2.61 bits per heavy atom. The van der Waals surface area contributed by atoms with Gasteiger partial charge < -0.3 is 15.1 Å². The maximum absolute atomic E-state index is 12.7. The molecule has 9 nitrogen and oxygen atoms in total. The lowest BCUT2D eigenvalue weighted by atomic mass is 10.2. The Morgan fingerprint density at radius 1 is 1.10 bits per heavy atom. The van der Waals surface area contributed by atoms with Gasteiger partial charge in [-0.15, -0.1) is 0 Å². The van der Waals surface area contributed by atoms with Crippen LogP contribution in [0.4, 0.5) is 27.0 Å². The number of nitrogens with one attached hydrogen (secondary N) is 2. The molecule has 1 saturated heterocycles. The molecule has 0 unspecified atom stereocenters. The lowest BCUT2D eigenvalue weighted by molar-refractivity contribution is 0.206. The third-order valence-electron chi connectivity index (χ3n) is 5.47. The summed E-state index contributed by atoms with van der Waals surface area (Å²) < 4.78 is 1.67. The zero-order valence-electron chi connectivity index (χ0n) is 17.8. The van der Waals surface area contributed by atoms with E-state index in [4.69, 9.17) is 0 Å². The van der Waals surface area contributed by atoms with E-state index in [1.165, 1.54) is 0 Å². The molecule has 1 fully saturated rings. The molecule has 2 N–H and O–H groups in total. The van der Waals surface area contributed by atoms with Gasteiger partial charge in [-0.1, -0.05) is 0 Å². The zero-order chi connectivity index (χ0) is 21.8. The van der Waals surface area contributed by atoms with Crippen molar-refractivity contribution in [2.24, 2.45) is 0 Å². The van der Waals surface area contributed by atoms with E-state index in [0.29, 0.717) is 18.9 Å². The Balaban J connectivity index is 1.49. The second-order valence-corrected chi connectivity index (χ2v) is 7.43. The third kappa shape index (κ3) is 4.45. The Morgan fingerprint density at radius 2 is 1.87 bits per heavy atom. The van der Waals surface area contributed by atoms with E-state index >= 15 is 0 Å². The average Bonchev–Trinajstić information content (AvgIpc) is 3.45. The second kappa shape index (κ2) is 9.03. The molecular weight excluding hydrogens is 394 g/mol. The highest BCUT2D eigenvalue weighted by Crippen LogP contribution is 2.23. The smallest absolute Gasteiger partial charge is 0.328 e. The Kier molecular flexibility index (Phi) is 6.01. The molecule has 4 rings (SSSR count). The number of carbonyl (C=O) groups is 2. The fraction of sp³-hybridized carbons (Fsp3) is 0.364. The summed E-state index contributed by atoms with van der Waals surface area (Å²) in [5.41, 5.74) is 1.68. The molecule has 3 heterocycles. The highest BCUT2D eigenvalue weighted by Gasteiger charge is 2.19. The van der Waals surface area contributed by atoms with Crippen molar-refractivity contribution in [2.75, 3.05) is 36.8 Å². The van der Waals surface area contributed by atoms with E-state index in [0.717, 1.165) is 42.5 Å². The first-order chi connectivity index (χ1) is 15.1. The minimum absolute atomic E-state index is 0.0325. The number of benzene rings is 1. The van der Waals surface area contributed by atoms with E-state index < -0.39 is 0 Å². The van der Waals surface area contributed by atoms with Crippen molar-refractivity contribution in [2.45, 2.75) is 26.7 Å². The number of likely N-dealkylation sites (tertiary alicyclic amines) is 1. The third-order valence-corrected chi connectivity index (χ3v) is 5.47. The first-order valence-corrected chi connectivity index (χ1v) is 10.7. The van der Waals surface area contributed by atoms with Gasteiger partial charge in [-0.2, -0.15) is 4.98 Å². The molecule has 9 heteroatoms. The van der Waals surface area contributed by atoms with Crippen LogP contribution in [0.5, 0.6) is 0 Å². The van der Waals surface area contributed by atoms with E-state index in [2.05, 4.69) is 20.6 Å². The average molecular weight is 422 g/mol. The van der Waals surface area contributed by atoms with Crippen molar-refractivity contribution in [3.05, 3.63) is 42.7 Å². The summed E-state index contributed by atoms with van der Waals surface area (Å²) >= 11 is 0. The summed E-state index contributed by atoms with van der Waals surface area (Å²) in [6.45, 7) is 6.80. The zero-order valence-corrected chi connectivity index (χ0v) is 17.8.